The number of thiazole rings is 1. The van der Waals surface area contributed by atoms with Gasteiger partial charge in [0.2, 0.25) is 0 Å². The van der Waals surface area contributed by atoms with Crippen LogP contribution in [-0.4, -0.2) is 42.9 Å². The van der Waals surface area contributed by atoms with Crippen LogP contribution in [-0.2, 0) is 19.6 Å². The fourth-order valence-electron chi connectivity index (χ4n) is 2.41. The number of nitrogens with one attached hydrogen (secondary N) is 1. The van der Waals surface area contributed by atoms with Crippen molar-refractivity contribution in [1.29, 1.82) is 0 Å². The number of aromatic nitrogens is 1. The van der Waals surface area contributed by atoms with Gasteiger partial charge in [0.1, 0.15) is 6.04 Å². The Hall–Kier alpha value is -1.19. The van der Waals surface area contributed by atoms with Crippen LogP contribution >= 0.6 is 11.3 Å². The first-order valence-electron chi connectivity index (χ1n) is 6.76. The molecule has 0 radical (unpaired) electrons. The minimum absolute atomic E-state index is 0.0244. The third-order valence-corrected chi connectivity index (χ3v) is 6.83. The molecule has 2 heterocycles. The van der Waals surface area contributed by atoms with Crippen molar-refractivity contribution in [1.82, 2.24) is 9.29 Å². The fourth-order valence-corrected chi connectivity index (χ4v) is 5.47. The van der Waals surface area contributed by atoms with Crippen LogP contribution in [0.5, 0.6) is 0 Å². The van der Waals surface area contributed by atoms with Crippen molar-refractivity contribution < 1.29 is 17.9 Å². The number of carbonyl (C=O) groups excluding carboxylic acids is 1. The number of esters is 1. The quantitative estimate of drug-likeness (QED) is 0.824. The minimum atomic E-state index is -3.86. The number of aromatic amines is 1. The zero-order valence-electron chi connectivity index (χ0n) is 11.9. The Balaban J connectivity index is 2.38. The van der Waals surface area contributed by atoms with Gasteiger partial charge in [0.25, 0.3) is 10.0 Å². The van der Waals surface area contributed by atoms with Gasteiger partial charge in [0, 0.05) is 12.2 Å². The largest absolute Gasteiger partial charge is 0.465 e. The Morgan fingerprint density at radius 1 is 1.48 bits per heavy atom. The molecule has 0 aliphatic carbocycles. The molecule has 7 nitrogen and oxygen atoms in total. The van der Waals surface area contributed by atoms with Crippen LogP contribution in [0.3, 0.4) is 0 Å². The molecule has 1 aliphatic rings. The van der Waals surface area contributed by atoms with E-state index in [9.17, 15) is 18.0 Å². The summed E-state index contributed by atoms with van der Waals surface area (Å²) in [6.07, 6.45) is 1.90. The van der Waals surface area contributed by atoms with Crippen molar-refractivity contribution in [2.45, 2.75) is 43.4 Å². The molecule has 1 saturated heterocycles. The number of carbonyl (C=O) groups is 1. The van der Waals surface area contributed by atoms with Crippen LogP contribution in [0.25, 0.3) is 0 Å². The van der Waals surface area contributed by atoms with Gasteiger partial charge in [-0.3, -0.25) is 9.59 Å². The number of hydrogen-bond donors (Lipinski definition) is 1. The van der Waals surface area contributed by atoms with E-state index in [1.165, 1.54) is 11.2 Å². The summed E-state index contributed by atoms with van der Waals surface area (Å²) in [4.78, 5) is 25.4. The zero-order valence-corrected chi connectivity index (χ0v) is 13.6. The summed E-state index contributed by atoms with van der Waals surface area (Å²) < 4.78 is 31.5. The average Bonchev–Trinajstić information content (AvgIpc) is 2.79. The molecule has 1 unspecified atom stereocenters. The van der Waals surface area contributed by atoms with Gasteiger partial charge in [-0.15, -0.1) is 0 Å². The van der Waals surface area contributed by atoms with Crippen LogP contribution in [0.2, 0.25) is 0 Å². The Morgan fingerprint density at radius 3 is 2.76 bits per heavy atom. The van der Waals surface area contributed by atoms with Crippen molar-refractivity contribution in [3.05, 3.63) is 15.4 Å². The van der Waals surface area contributed by atoms with Crippen molar-refractivity contribution >= 4 is 27.3 Å². The van der Waals surface area contributed by atoms with E-state index in [4.69, 9.17) is 4.74 Å². The van der Waals surface area contributed by atoms with E-state index < -0.39 is 26.9 Å². The highest BCUT2D eigenvalue weighted by atomic mass is 32.2. The lowest BCUT2D eigenvalue weighted by Gasteiger charge is -2.32. The standard InChI is InChI=1S/C12H18N2O5S2/c1-3-19-10(15)9-6-4-5-7-14(9)21(17,18)11-8(2)13-12(16)20-11/h9H,3-7H2,1-2H3,(H,13,16). The van der Waals surface area contributed by atoms with E-state index in [2.05, 4.69) is 4.98 Å². The van der Waals surface area contributed by atoms with Crippen LogP contribution in [0.15, 0.2) is 9.00 Å². The maximum Gasteiger partial charge on any atom is 0.324 e. The van der Waals surface area contributed by atoms with Crippen LogP contribution in [0.1, 0.15) is 31.9 Å². The average molecular weight is 334 g/mol. The molecule has 1 fully saturated rings. The molecule has 0 amide bonds. The molecule has 2 rings (SSSR count). The Morgan fingerprint density at radius 2 is 2.19 bits per heavy atom. The summed E-state index contributed by atoms with van der Waals surface area (Å²) in [5, 5.41) is 0. The lowest BCUT2D eigenvalue weighted by Crippen LogP contribution is -2.48. The second-order valence-corrected chi connectivity index (χ2v) is 7.88. The molecule has 1 aromatic heterocycles. The van der Waals surface area contributed by atoms with Gasteiger partial charge in [-0.1, -0.05) is 11.3 Å². The number of H-pyrrole nitrogens is 1. The molecule has 0 spiro atoms. The second kappa shape index (κ2) is 6.29. The van der Waals surface area contributed by atoms with E-state index in [1.54, 1.807) is 6.92 Å². The zero-order chi connectivity index (χ0) is 15.6. The topological polar surface area (TPSA) is 96.5 Å². The van der Waals surface area contributed by atoms with E-state index in [0.717, 1.165) is 6.42 Å². The Kier molecular flexibility index (Phi) is 4.84. The van der Waals surface area contributed by atoms with Crippen LogP contribution in [0, 0.1) is 6.92 Å². The lowest BCUT2D eigenvalue weighted by atomic mass is 10.1. The van der Waals surface area contributed by atoms with Gasteiger partial charge in [-0.05, 0) is 33.1 Å². The molecular formula is C12H18N2O5S2. The van der Waals surface area contributed by atoms with Gasteiger partial charge >= 0.3 is 10.8 Å². The lowest BCUT2D eigenvalue weighted by molar-refractivity contribution is -0.148. The normalized spacial score (nSPS) is 20.4. The van der Waals surface area contributed by atoms with E-state index in [-0.39, 0.29) is 17.4 Å². The van der Waals surface area contributed by atoms with Gasteiger partial charge in [-0.2, -0.15) is 4.31 Å². The molecular weight excluding hydrogens is 316 g/mol. The third kappa shape index (κ3) is 3.19. The molecule has 0 bridgehead atoms. The van der Waals surface area contributed by atoms with Crippen molar-refractivity contribution in [3.8, 4) is 0 Å². The Bertz CT molecular complexity index is 676. The Labute approximate surface area is 127 Å². The molecule has 1 aliphatic heterocycles. The monoisotopic (exact) mass is 334 g/mol. The maximum absolute atomic E-state index is 12.7. The van der Waals surface area contributed by atoms with Crippen LogP contribution in [0.4, 0.5) is 0 Å². The highest BCUT2D eigenvalue weighted by molar-refractivity contribution is 7.91. The number of hydrogen-bond acceptors (Lipinski definition) is 6. The number of piperidine rings is 1. The number of sulfonamides is 1. The predicted octanol–water partition coefficient (Wildman–Crippen LogP) is 0.851. The van der Waals surface area contributed by atoms with E-state index in [1.807, 2.05) is 0 Å². The first-order valence-corrected chi connectivity index (χ1v) is 9.01. The van der Waals surface area contributed by atoms with E-state index in [0.29, 0.717) is 29.9 Å². The highest BCUT2D eigenvalue weighted by Gasteiger charge is 2.40. The summed E-state index contributed by atoms with van der Waals surface area (Å²) in [5.74, 6) is -0.527. The highest BCUT2D eigenvalue weighted by Crippen LogP contribution is 2.28. The minimum Gasteiger partial charge on any atom is -0.465 e. The van der Waals surface area contributed by atoms with Gasteiger partial charge in [0.05, 0.1) is 6.61 Å². The van der Waals surface area contributed by atoms with Crippen LogP contribution < -0.4 is 4.87 Å². The predicted molar refractivity (Wildman–Crippen MR) is 77.8 cm³/mol. The molecule has 1 N–H and O–H groups in total. The smallest absolute Gasteiger partial charge is 0.324 e. The van der Waals surface area contributed by atoms with Gasteiger partial charge in [-0.25, -0.2) is 8.42 Å². The van der Waals surface area contributed by atoms with Gasteiger partial charge in [0.15, 0.2) is 4.21 Å². The number of rotatable bonds is 4. The number of nitrogens with zero attached hydrogens (tertiary/aromatic N) is 1. The van der Waals surface area contributed by atoms with Gasteiger partial charge < -0.3 is 9.72 Å². The third-order valence-electron chi connectivity index (χ3n) is 3.34. The first kappa shape index (κ1) is 16.2. The summed E-state index contributed by atoms with van der Waals surface area (Å²) in [5.41, 5.74) is 0.304. The summed E-state index contributed by atoms with van der Waals surface area (Å²) in [7, 11) is -3.86. The molecule has 9 heteroatoms. The SMILES string of the molecule is CCOC(=O)C1CCCCN1S(=O)(=O)c1sc(=O)[nH]c1C. The first-order chi connectivity index (χ1) is 9.87. The maximum atomic E-state index is 12.7. The number of aryl methyl sites for hydroxylation is 1. The fraction of sp³-hybridized carbons (Fsp3) is 0.667. The van der Waals surface area contributed by atoms with E-state index >= 15 is 0 Å². The molecule has 1 atom stereocenters. The van der Waals surface area contributed by atoms with Crippen molar-refractivity contribution in [2.24, 2.45) is 0 Å². The molecule has 0 saturated carbocycles. The second-order valence-electron chi connectivity index (χ2n) is 4.81. The molecule has 118 valence electrons. The summed E-state index contributed by atoms with van der Waals surface area (Å²) in [6.45, 7) is 3.69. The molecule has 21 heavy (non-hydrogen) atoms. The van der Waals surface area contributed by atoms with Crippen molar-refractivity contribution in [2.75, 3.05) is 13.2 Å². The molecule has 1 aromatic rings. The molecule has 0 aromatic carbocycles. The summed E-state index contributed by atoms with van der Waals surface area (Å²) >= 11 is 0.649. The summed E-state index contributed by atoms with van der Waals surface area (Å²) in [6, 6.07) is -0.805. The van der Waals surface area contributed by atoms with Crippen molar-refractivity contribution in [3.63, 3.8) is 0 Å². The number of ether oxygens (including phenoxy) is 1.